The monoisotopic (exact) mass is 615 g/mol. The summed E-state index contributed by atoms with van der Waals surface area (Å²) in [7, 11) is 0. The molecule has 0 aliphatic carbocycles. The summed E-state index contributed by atoms with van der Waals surface area (Å²) >= 11 is 0. The van der Waals surface area contributed by atoms with Crippen LogP contribution in [0.15, 0.2) is 194 Å². The maximum absolute atomic E-state index is 6.50. The maximum atomic E-state index is 6.50. The highest BCUT2D eigenvalue weighted by molar-refractivity contribution is 6.16. The standard InChI is InChI=1S/C46H33NO/c1-3-15-32(4-2)34-20-12-22-38(28-34)47(39-23-13-21-35(29-39)33-16-6-5-7-17-33)43-26-11-10-24-40(43)41-25-14-27-44-46(41)42-30-36-18-8-9-19-37(36)31-45(42)48-44/h3-31H,1-2H2/b32-15+. The Labute approximate surface area is 280 Å². The summed E-state index contributed by atoms with van der Waals surface area (Å²) in [6.07, 6.45) is 5.68. The van der Waals surface area contributed by atoms with E-state index in [4.69, 9.17) is 4.42 Å². The zero-order valence-corrected chi connectivity index (χ0v) is 26.5. The molecule has 0 saturated heterocycles. The first-order chi connectivity index (χ1) is 23.7. The highest BCUT2D eigenvalue weighted by Gasteiger charge is 2.21. The van der Waals surface area contributed by atoms with Crippen LogP contribution in [0.5, 0.6) is 0 Å². The van der Waals surface area contributed by atoms with Crippen LogP contribution in [0, 0.1) is 0 Å². The molecule has 48 heavy (non-hydrogen) atoms. The van der Waals surface area contributed by atoms with Gasteiger partial charge in [0.1, 0.15) is 11.2 Å². The number of nitrogens with zero attached hydrogens (tertiary/aromatic N) is 1. The Morgan fingerprint density at radius 1 is 0.542 bits per heavy atom. The number of furan rings is 1. The topological polar surface area (TPSA) is 16.4 Å². The molecule has 2 heteroatoms. The molecule has 0 fully saturated rings. The summed E-state index contributed by atoms with van der Waals surface area (Å²) in [5.41, 5.74) is 11.6. The lowest BCUT2D eigenvalue weighted by molar-refractivity contribution is 0.669. The number of benzene rings is 7. The number of anilines is 3. The molecule has 7 aromatic carbocycles. The summed E-state index contributed by atoms with van der Waals surface area (Å²) in [5, 5.41) is 4.58. The first-order valence-corrected chi connectivity index (χ1v) is 16.2. The second kappa shape index (κ2) is 12.4. The molecular weight excluding hydrogens is 583 g/mol. The van der Waals surface area contributed by atoms with Gasteiger partial charge in [0, 0.05) is 27.7 Å². The third kappa shape index (κ3) is 5.20. The summed E-state index contributed by atoms with van der Waals surface area (Å²) in [6.45, 7) is 8.00. The number of rotatable bonds is 8. The zero-order valence-electron chi connectivity index (χ0n) is 26.5. The third-order valence-electron chi connectivity index (χ3n) is 8.96. The first-order valence-electron chi connectivity index (χ1n) is 16.2. The van der Waals surface area contributed by atoms with Crippen LogP contribution >= 0.6 is 0 Å². The van der Waals surface area contributed by atoms with Gasteiger partial charge in [-0.15, -0.1) is 0 Å². The van der Waals surface area contributed by atoms with E-state index in [1.165, 1.54) is 16.3 Å². The largest absolute Gasteiger partial charge is 0.456 e. The average molecular weight is 616 g/mol. The lowest BCUT2D eigenvalue weighted by Crippen LogP contribution is -2.11. The van der Waals surface area contributed by atoms with Crippen molar-refractivity contribution in [2.24, 2.45) is 0 Å². The Morgan fingerprint density at radius 3 is 2.02 bits per heavy atom. The van der Waals surface area contributed by atoms with Crippen LogP contribution in [0.4, 0.5) is 17.1 Å². The fourth-order valence-corrected chi connectivity index (χ4v) is 6.75. The van der Waals surface area contributed by atoms with E-state index in [0.29, 0.717) is 0 Å². The minimum atomic E-state index is 0.873. The van der Waals surface area contributed by atoms with Crippen molar-refractivity contribution in [1.29, 1.82) is 0 Å². The van der Waals surface area contributed by atoms with E-state index < -0.39 is 0 Å². The highest BCUT2D eigenvalue weighted by atomic mass is 16.3. The molecule has 0 bridgehead atoms. The van der Waals surface area contributed by atoms with E-state index in [-0.39, 0.29) is 0 Å². The normalized spacial score (nSPS) is 11.6. The SMILES string of the molecule is C=C/C=C(\C=C)c1cccc(N(c2cccc(-c3ccccc3)c2)c2ccccc2-c2cccc3oc4cc5ccccc5cc4c23)c1. The van der Waals surface area contributed by atoms with Gasteiger partial charge < -0.3 is 9.32 Å². The number of hydrogen-bond acceptors (Lipinski definition) is 2. The maximum Gasteiger partial charge on any atom is 0.136 e. The Kier molecular flexibility index (Phi) is 7.52. The first kappa shape index (κ1) is 29.1. The van der Waals surface area contributed by atoms with Crippen molar-refractivity contribution in [1.82, 2.24) is 0 Å². The van der Waals surface area contributed by atoms with Crippen LogP contribution in [0.25, 0.3) is 60.5 Å². The predicted octanol–water partition coefficient (Wildman–Crippen LogP) is 13.3. The molecule has 0 amide bonds. The van der Waals surface area contributed by atoms with E-state index >= 15 is 0 Å². The number of hydrogen-bond donors (Lipinski definition) is 0. The Balaban J connectivity index is 1.38. The fourth-order valence-electron chi connectivity index (χ4n) is 6.75. The van der Waals surface area contributed by atoms with Crippen LogP contribution in [-0.2, 0) is 0 Å². The molecule has 8 aromatic rings. The number of allylic oxidation sites excluding steroid dienone is 4. The van der Waals surface area contributed by atoms with E-state index in [9.17, 15) is 0 Å². The summed E-state index contributed by atoms with van der Waals surface area (Å²) in [4.78, 5) is 2.36. The van der Waals surface area contributed by atoms with Crippen molar-refractivity contribution in [3.8, 4) is 22.3 Å². The van der Waals surface area contributed by atoms with Gasteiger partial charge in [0.15, 0.2) is 0 Å². The van der Waals surface area contributed by atoms with Crippen molar-refractivity contribution in [2.45, 2.75) is 0 Å². The van der Waals surface area contributed by atoms with Gasteiger partial charge in [-0.2, -0.15) is 0 Å². The second-order valence-electron chi connectivity index (χ2n) is 11.9. The second-order valence-corrected chi connectivity index (χ2v) is 11.9. The molecule has 0 unspecified atom stereocenters. The van der Waals surface area contributed by atoms with Gasteiger partial charge in [-0.05, 0) is 87.1 Å². The molecule has 2 nitrogen and oxygen atoms in total. The average Bonchev–Trinajstić information content (AvgIpc) is 3.51. The Hall–Kier alpha value is -6.38. The van der Waals surface area contributed by atoms with E-state index in [1.807, 2.05) is 12.2 Å². The van der Waals surface area contributed by atoms with Gasteiger partial charge >= 0.3 is 0 Å². The minimum absolute atomic E-state index is 0.873. The highest BCUT2D eigenvalue weighted by Crippen LogP contribution is 2.46. The van der Waals surface area contributed by atoms with Gasteiger partial charge in [0.2, 0.25) is 0 Å². The minimum Gasteiger partial charge on any atom is -0.456 e. The van der Waals surface area contributed by atoms with Crippen molar-refractivity contribution < 1.29 is 4.42 Å². The molecule has 1 heterocycles. The molecule has 0 N–H and O–H groups in total. The third-order valence-corrected chi connectivity index (χ3v) is 8.96. The van der Waals surface area contributed by atoms with Crippen LogP contribution in [-0.4, -0.2) is 0 Å². The van der Waals surface area contributed by atoms with Crippen LogP contribution < -0.4 is 4.90 Å². The van der Waals surface area contributed by atoms with E-state index in [1.54, 1.807) is 6.08 Å². The van der Waals surface area contributed by atoms with Gasteiger partial charge in [-0.1, -0.05) is 141 Å². The molecule has 0 spiro atoms. The molecule has 0 aliphatic heterocycles. The molecule has 0 radical (unpaired) electrons. The number of fused-ring (bicyclic) bond motifs is 4. The van der Waals surface area contributed by atoms with Crippen molar-refractivity contribution in [3.63, 3.8) is 0 Å². The van der Waals surface area contributed by atoms with Crippen LogP contribution in [0.1, 0.15) is 5.56 Å². The summed E-state index contributed by atoms with van der Waals surface area (Å²) in [5.74, 6) is 0. The van der Waals surface area contributed by atoms with Crippen molar-refractivity contribution >= 4 is 55.3 Å². The van der Waals surface area contributed by atoms with Crippen LogP contribution in [0.2, 0.25) is 0 Å². The van der Waals surface area contributed by atoms with Gasteiger partial charge in [0.05, 0.1) is 5.69 Å². The summed E-state index contributed by atoms with van der Waals surface area (Å²) < 4.78 is 6.50. The summed E-state index contributed by atoms with van der Waals surface area (Å²) in [6, 6.07) is 55.8. The van der Waals surface area contributed by atoms with Gasteiger partial charge in [-0.3, -0.25) is 0 Å². The number of para-hydroxylation sites is 1. The lowest BCUT2D eigenvalue weighted by atomic mass is 9.95. The molecule has 1 aromatic heterocycles. The fraction of sp³-hybridized carbons (Fsp3) is 0. The molecule has 0 saturated carbocycles. The zero-order chi connectivity index (χ0) is 32.5. The van der Waals surface area contributed by atoms with E-state index in [0.717, 1.165) is 66.8 Å². The molecule has 8 rings (SSSR count). The molecule has 0 aliphatic rings. The predicted molar refractivity (Wildman–Crippen MR) is 205 cm³/mol. The van der Waals surface area contributed by atoms with E-state index in [2.05, 4.69) is 176 Å². The Morgan fingerprint density at radius 2 is 1.21 bits per heavy atom. The molecule has 0 atom stereocenters. The van der Waals surface area contributed by atoms with Crippen molar-refractivity contribution in [3.05, 3.63) is 195 Å². The molecule has 228 valence electrons. The molecular formula is C46H33NO. The smallest absolute Gasteiger partial charge is 0.136 e. The quantitative estimate of drug-likeness (QED) is 0.158. The van der Waals surface area contributed by atoms with Gasteiger partial charge in [-0.25, -0.2) is 0 Å². The van der Waals surface area contributed by atoms with Gasteiger partial charge in [0.25, 0.3) is 0 Å². The lowest BCUT2D eigenvalue weighted by Gasteiger charge is -2.29. The van der Waals surface area contributed by atoms with Crippen molar-refractivity contribution in [2.75, 3.05) is 4.90 Å². The Bertz CT molecular complexity index is 2500. The van der Waals surface area contributed by atoms with Crippen LogP contribution in [0.3, 0.4) is 0 Å².